The summed E-state index contributed by atoms with van der Waals surface area (Å²) in [6.45, 7) is 2.11. The van der Waals surface area contributed by atoms with Crippen LogP contribution >= 0.6 is 0 Å². The van der Waals surface area contributed by atoms with Gasteiger partial charge in [0.15, 0.2) is 11.6 Å². The highest BCUT2D eigenvalue weighted by atomic mass is 19.2. The zero-order chi connectivity index (χ0) is 20.8. The lowest BCUT2D eigenvalue weighted by molar-refractivity contribution is 0.256. The van der Waals surface area contributed by atoms with Crippen LogP contribution in [-0.4, -0.2) is 35.0 Å². The molecule has 2 aliphatic rings. The summed E-state index contributed by atoms with van der Waals surface area (Å²) in [6, 6.07) is 8.59. The Balaban J connectivity index is 1.56. The van der Waals surface area contributed by atoms with Crippen molar-refractivity contribution >= 4 is 33.9 Å². The fraction of sp³-hybridized carbons (Fsp3) is 0.261. The molecule has 3 heterocycles. The molecule has 3 N–H and O–H groups in total. The summed E-state index contributed by atoms with van der Waals surface area (Å²) in [6.07, 6.45) is 7.73. The second-order valence-corrected chi connectivity index (χ2v) is 7.93. The van der Waals surface area contributed by atoms with Crippen molar-refractivity contribution < 1.29 is 13.6 Å². The number of hydrogen-bond donors (Lipinski definition) is 2. The van der Waals surface area contributed by atoms with Gasteiger partial charge in [0.25, 0.3) is 0 Å². The SMILES string of the molecule is NC(=O)N(c1ccc(F)c(F)c1)c1ccc2[nH]cc(C3=CCN4CCCC4C3)c2c1. The van der Waals surface area contributed by atoms with E-state index in [1.54, 1.807) is 6.07 Å². The highest BCUT2D eigenvalue weighted by Gasteiger charge is 2.29. The minimum absolute atomic E-state index is 0.177. The molecule has 2 aromatic carbocycles. The van der Waals surface area contributed by atoms with Crippen molar-refractivity contribution in [1.82, 2.24) is 9.88 Å². The maximum atomic E-state index is 13.8. The number of anilines is 2. The highest BCUT2D eigenvalue weighted by molar-refractivity contribution is 6.02. The van der Waals surface area contributed by atoms with Crippen LogP contribution in [0.1, 0.15) is 24.8 Å². The molecule has 1 fully saturated rings. The average molecular weight is 408 g/mol. The third-order valence-corrected chi connectivity index (χ3v) is 6.18. The smallest absolute Gasteiger partial charge is 0.323 e. The molecule has 1 saturated heterocycles. The lowest BCUT2D eigenvalue weighted by Crippen LogP contribution is -2.32. The maximum Gasteiger partial charge on any atom is 0.323 e. The molecule has 1 unspecified atom stereocenters. The van der Waals surface area contributed by atoms with E-state index in [9.17, 15) is 13.6 Å². The van der Waals surface area contributed by atoms with Crippen LogP contribution in [0.25, 0.3) is 16.5 Å². The maximum absolute atomic E-state index is 13.8. The van der Waals surface area contributed by atoms with Crippen LogP contribution in [0.2, 0.25) is 0 Å². The molecular weight excluding hydrogens is 386 g/mol. The molecule has 1 aromatic heterocycles. The number of benzene rings is 2. The first-order valence-corrected chi connectivity index (χ1v) is 10.1. The number of aromatic amines is 1. The van der Waals surface area contributed by atoms with Crippen molar-refractivity contribution in [3.8, 4) is 0 Å². The predicted molar refractivity (Wildman–Crippen MR) is 114 cm³/mol. The number of rotatable bonds is 3. The first-order chi connectivity index (χ1) is 14.5. The zero-order valence-electron chi connectivity index (χ0n) is 16.4. The molecular formula is C23H22F2N4O. The summed E-state index contributed by atoms with van der Waals surface area (Å²) in [5, 5.41) is 0.971. The van der Waals surface area contributed by atoms with Gasteiger partial charge in [-0.3, -0.25) is 9.80 Å². The highest BCUT2D eigenvalue weighted by Crippen LogP contribution is 2.37. The number of amides is 2. The molecule has 2 aliphatic heterocycles. The quantitative estimate of drug-likeness (QED) is 0.646. The summed E-state index contributed by atoms with van der Waals surface area (Å²) in [4.78, 5) is 19.2. The summed E-state index contributed by atoms with van der Waals surface area (Å²) < 4.78 is 27.1. The Morgan fingerprint density at radius 3 is 2.73 bits per heavy atom. The summed E-state index contributed by atoms with van der Waals surface area (Å²) in [5.74, 6) is -2.01. The molecule has 7 heteroatoms. The van der Waals surface area contributed by atoms with Crippen LogP contribution in [0.5, 0.6) is 0 Å². The lowest BCUT2D eigenvalue weighted by atomic mass is 9.94. The van der Waals surface area contributed by atoms with Gasteiger partial charge >= 0.3 is 6.03 Å². The molecule has 5 nitrogen and oxygen atoms in total. The Morgan fingerprint density at radius 1 is 1.13 bits per heavy atom. The Labute approximate surface area is 172 Å². The molecule has 0 aliphatic carbocycles. The lowest BCUT2D eigenvalue weighted by Gasteiger charge is -2.29. The zero-order valence-corrected chi connectivity index (χ0v) is 16.4. The topological polar surface area (TPSA) is 65.4 Å². The van der Waals surface area contributed by atoms with E-state index in [4.69, 9.17) is 5.73 Å². The fourth-order valence-corrected chi connectivity index (χ4v) is 4.69. The number of nitrogens with zero attached hydrogens (tertiary/aromatic N) is 2. The molecule has 1 atom stereocenters. The molecule has 3 aromatic rings. The standard InChI is InChI=1S/C23H22F2N4O/c24-20-5-3-17(12-21(20)25)29(23(26)30)16-4-6-22-18(11-16)19(13-27-22)14-7-9-28-8-1-2-15(28)10-14/h3-7,11-13,15,27H,1-2,8-10H2,(H2,26,30). The van der Waals surface area contributed by atoms with Crippen LogP contribution in [0, 0.1) is 11.6 Å². The molecule has 0 radical (unpaired) electrons. The van der Waals surface area contributed by atoms with Crippen LogP contribution in [0.15, 0.2) is 48.7 Å². The Kier molecular flexibility index (Phi) is 4.55. The largest absolute Gasteiger partial charge is 0.361 e. The first kappa shape index (κ1) is 18.8. The van der Waals surface area contributed by atoms with Gasteiger partial charge in [0.1, 0.15) is 0 Å². The number of hydrogen-bond acceptors (Lipinski definition) is 2. The molecule has 5 rings (SSSR count). The van der Waals surface area contributed by atoms with Crippen molar-refractivity contribution in [1.29, 1.82) is 0 Å². The number of carbonyl (C=O) groups is 1. The number of urea groups is 1. The van der Waals surface area contributed by atoms with E-state index < -0.39 is 17.7 Å². The number of carbonyl (C=O) groups excluding carboxylic acids is 1. The van der Waals surface area contributed by atoms with Gasteiger partial charge in [0.05, 0.1) is 11.4 Å². The van der Waals surface area contributed by atoms with Crippen LogP contribution in [-0.2, 0) is 0 Å². The first-order valence-electron chi connectivity index (χ1n) is 10.1. The fourth-order valence-electron chi connectivity index (χ4n) is 4.69. The van der Waals surface area contributed by atoms with Gasteiger partial charge in [-0.05, 0) is 61.7 Å². The van der Waals surface area contributed by atoms with Gasteiger partial charge in [0.2, 0.25) is 0 Å². The second kappa shape index (κ2) is 7.25. The minimum atomic E-state index is -1.03. The van der Waals surface area contributed by atoms with E-state index in [0.717, 1.165) is 48.1 Å². The molecule has 2 amide bonds. The number of fused-ring (bicyclic) bond motifs is 2. The van der Waals surface area contributed by atoms with E-state index in [2.05, 4.69) is 16.0 Å². The normalized spacial score (nSPS) is 19.0. The molecule has 30 heavy (non-hydrogen) atoms. The Morgan fingerprint density at radius 2 is 1.93 bits per heavy atom. The summed E-state index contributed by atoms with van der Waals surface area (Å²) in [5.41, 5.74) is 9.61. The van der Waals surface area contributed by atoms with Gasteiger partial charge in [-0.2, -0.15) is 0 Å². The monoisotopic (exact) mass is 408 g/mol. The van der Waals surface area contributed by atoms with Crippen molar-refractivity contribution in [3.63, 3.8) is 0 Å². The van der Waals surface area contributed by atoms with Gasteiger partial charge in [0, 0.05) is 41.3 Å². The van der Waals surface area contributed by atoms with Crippen molar-refractivity contribution in [2.45, 2.75) is 25.3 Å². The van der Waals surface area contributed by atoms with Gasteiger partial charge in [-0.15, -0.1) is 0 Å². The molecule has 0 spiro atoms. The number of nitrogens with two attached hydrogens (primary N) is 1. The summed E-state index contributed by atoms with van der Waals surface area (Å²) in [7, 11) is 0. The van der Waals surface area contributed by atoms with E-state index in [1.807, 2.05) is 18.3 Å². The van der Waals surface area contributed by atoms with Crippen molar-refractivity contribution in [2.24, 2.45) is 5.73 Å². The third-order valence-electron chi connectivity index (χ3n) is 6.18. The molecule has 0 saturated carbocycles. The van der Waals surface area contributed by atoms with E-state index in [-0.39, 0.29) is 5.69 Å². The van der Waals surface area contributed by atoms with E-state index in [1.165, 1.54) is 29.4 Å². The van der Waals surface area contributed by atoms with E-state index >= 15 is 0 Å². The average Bonchev–Trinajstić information content (AvgIpc) is 3.36. The van der Waals surface area contributed by atoms with Gasteiger partial charge in [-0.1, -0.05) is 6.08 Å². The van der Waals surface area contributed by atoms with Crippen LogP contribution in [0.3, 0.4) is 0 Å². The second-order valence-electron chi connectivity index (χ2n) is 7.93. The van der Waals surface area contributed by atoms with Crippen LogP contribution < -0.4 is 10.6 Å². The van der Waals surface area contributed by atoms with Crippen molar-refractivity contribution in [3.05, 3.63) is 65.9 Å². The number of primary amides is 1. The Bertz CT molecular complexity index is 1170. The number of aromatic nitrogens is 1. The van der Waals surface area contributed by atoms with Crippen molar-refractivity contribution in [2.75, 3.05) is 18.0 Å². The predicted octanol–water partition coefficient (Wildman–Crippen LogP) is 4.91. The molecule has 154 valence electrons. The number of halogens is 2. The van der Waals surface area contributed by atoms with Gasteiger partial charge in [-0.25, -0.2) is 13.6 Å². The third kappa shape index (κ3) is 3.15. The molecule has 0 bridgehead atoms. The minimum Gasteiger partial charge on any atom is -0.361 e. The number of H-pyrrole nitrogens is 1. The van der Waals surface area contributed by atoms with E-state index in [0.29, 0.717) is 11.7 Å². The number of nitrogens with one attached hydrogen (secondary N) is 1. The van der Waals surface area contributed by atoms with Gasteiger partial charge < -0.3 is 10.7 Å². The van der Waals surface area contributed by atoms with Crippen LogP contribution in [0.4, 0.5) is 25.0 Å². The summed E-state index contributed by atoms with van der Waals surface area (Å²) >= 11 is 0. The Hall–Kier alpha value is -3.19.